The van der Waals surface area contributed by atoms with E-state index in [1.165, 1.54) is 29.2 Å². The van der Waals surface area contributed by atoms with E-state index in [0.29, 0.717) is 32.0 Å². The summed E-state index contributed by atoms with van der Waals surface area (Å²) < 4.78 is 0. The highest BCUT2D eigenvalue weighted by Crippen LogP contribution is 2.32. The number of aromatic nitrogens is 1. The largest absolute Gasteiger partial charge is 0.321 e. The number of hydrogen-bond donors (Lipinski definition) is 3. The standard InChI is InChI=1S/C35H28Cl2N4O3S2/c1-21-31(23-11-5-3-6-12-23)40-35(46-21)41-32(42)22(2)45-26-16-9-15-25(19-26)38-34(44)30(20-27-28(36)17-10-18-29(27)37)39-33(43)24-13-7-4-8-14-24/h3-20,22H,1-2H3,(H,38,44)(H,39,43)(H,40,41,42)/b30-20+. The molecule has 1 aromatic heterocycles. The minimum atomic E-state index is -0.582. The molecule has 1 unspecified atom stereocenters. The number of nitrogens with one attached hydrogen (secondary N) is 3. The molecule has 4 aromatic carbocycles. The van der Waals surface area contributed by atoms with Gasteiger partial charge in [0.05, 0.1) is 10.9 Å². The third-order valence-corrected chi connectivity index (χ3v) is 9.30. The summed E-state index contributed by atoms with van der Waals surface area (Å²) in [6, 6.07) is 30.4. The number of thiazole rings is 1. The molecule has 46 heavy (non-hydrogen) atoms. The lowest BCUT2D eigenvalue weighted by Crippen LogP contribution is -2.30. The molecule has 0 fully saturated rings. The van der Waals surface area contributed by atoms with Crippen LogP contribution < -0.4 is 16.0 Å². The maximum atomic E-state index is 13.5. The minimum absolute atomic E-state index is 0.0525. The Morgan fingerprint density at radius 1 is 0.848 bits per heavy atom. The molecule has 0 aliphatic carbocycles. The summed E-state index contributed by atoms with van der Waals surface area (Å²) in [5.74, 6) is -1.25. The number of halogens is 2. The van der Waals surface area contributed by atoms with Crippen LogP contribution in [0.2, 0.25) is 10.0 Å². The zero-order chi connectivity index (χ0) is 32.6. The fraction of sp³-hybridized carbons (Fsp3) is 0.0857. The number of thioether (sulfide) groups is 1. The van der Waals surface area contributed by atoms with Crippen LogP contribution in [-0.2, 0) is 9.59 Å². The summed E-state index contributed by atoms with van der Waals surface area (Å²) in [5, 5.41) is 9.16. The lowest BCUT2D eigenvalue weighted by molar-refractivity contribution is -0.115. The Bertz CT molecular complexity index is 1890. The highest BCUT2D eigenvalue weighted by Gasteiger charge is 2.20. The fourth-order valence-corrected chi connectivity index (χ4v) is 6.63. The number of nitrogens with zero attached hydrogens (tertiary/aromatic N) is 1. The summed E-state index contributed by atoms with van der Waals surface area (Å²) >= 11 is 15.5. The van der Waals surface area contributed by atoms with Crippen molar-refractivity contribution in [2.24, 2.45) is 0 Å². The molecule has 0 saturated heterocycles. The zero-order valence-electron chi connectivity index (χ0n) is 24.7. The van der Waals surface area contributed by atoms with Gasteiger partial charge in [-0.25, -0.2) is 4.98 Å². The van der Waals surface area contributed by atoms with Gasteiger partial charge in [0.25, 0.3) is 11.8 Å². The predicted octanol–water partition coefficient (Wildman–Crippen LogP) is 8.95. The van der Waals surface area contributed by atoms with Gasteiger partial charge in [0, 0.05) is 42.2 Å². The predicted molar refractivity (Wildman–Crippen MR) is 190 cm³/mol. The Morgan fingerprint density at radius 2 is 1.50 bits per heavy atom. The summed E-state index contributed by atoms with van der Waals surface area (Å²) in [6.07, 6.45) is 1.44. The van der Waals surface area contributed by atoms with Gasteiger partial charge in [-0.2, -0.15) is 0 Å². The molecule has 0 aliphatic heterocycles. The van der Waals surface area contributed by atoms with Crippen LogP contribution in [0.25, 0.3) is 17.3 Å². The van der Waals surface area contributed by atoms with Gasteiger partial charge in [0.15, 0.2) is 5.13 Å². The van der Waals surface area contributed by atoms with Crippen molar-refractivity contribution in [1.82, 2.24) is 10.3 Å². The van der Waals surface area contributed by atoms with E-state index in [0.717, 1.165) is 21.0 Å². The molecule has 7 nitrogen and oxygen atoms in total. The number of anilines is 2. The normalized spacial score (nSPS) is 11.9. The molecular weight excluding hydrogens is 659 g/mol. The van der Waals surface area contributed by atoms with Crippen molar-refractivity contribution in [2.45, 2.75) is 24.0 Å². The van der Waals surface area contributed by atoms with Crippen molar-refractivity contribution in [3.05, 3.63) is 135 Å². The lowest BCUT2D eigenvalue weighted by Gasteiger charge is -2.14. The van der Waals surface area contributed by atoms with Gasteiger partial charge in [0.1, 0.15) is 5.70 Å². The second-order valence-corrected chi connectivity index (χ2v) is 13.5. The zero-order valence-corrected chi connectivity index (χ0v) is 27.9. The molecule has 5 aromatic rings. The maximum absolute atomic E-state index is 13.5. The van der Waals surface area contributed by atoms with E-state index in [4.69, 9.17) is 23.2 Å². The molecule has 5 rings (SSSR count). The first-order valence-corrected chi connectivity index (χ1v) is 16.6. The topological polar surface area (TPSA) is 100 Å². The molecule has 0 radical (unpaired) electrons. The van der Waals surface area contributed by atoms with E-state index in [-0.39, 0.29) is 11.6 Å². The Balaban J connectivity index is 1.29. The number of amides is 3. The van der Waals surface area contributed by atoms with Gasteiger partial charge >= 0.3 is 0 Å². The molecule has 232 valence electrons. The fourth-order valence-electron chi connectivity index (χ4n) is 4.36. The number of benzene rings is 4. The van der Waals surface area contributed by atoms with E-state index in [9.17, 15) is 14.4 Å². The number of carbonyl (C=O) groups excluding carboxylic acids is 3. The molecule has 3 amide bonds. The van der Waals surface area contributed by atoms with E-state index in [1.54, 1.807) is 73.7 Å². The molecule has 0 spiro atoms. The number of carbonyl (C=O) groups is 3. The van der Waals surface area contributed by atoms with Gasteiger partial charge in [-0.1, -0.05) is 83.9 Å². The van der Waals surface area contributed by atoms with Crippen LogP contribution >= 0.6 is 46.3 Å². The smallest absolute Gasteiger partial charge is 0.272 e. The van der Waals surface area contributed by atoms with Crippen molar-refractivity contribution in [1.29, 1.82) is 0 Å². The van der Waals surface area contributed by atoms with Crippen LogP contribution in [0.3, 0.4) is 0 Å². The molecule has 0 aliphatic rings. The quantitative estimate of drug-likeness (QED) is 0.101. The van der Waals surface area contributed by atoms with Crippen LogP contribution in [0.4, 0.5) is 10.8 Å². The monoisotopic (exact) mass is 686 g/mol. The van der Waals surface area contributed by atoms with Gasteiger partial charge in [0.2, 0.25) is 5.91 Å². The molecule has 0 saturated carbocycles. The highest BCUT2D eigenvalue weighted by atomic mass is 35.5. The van der Waals surface area contributed by atoms with Crippen LogP contribution in [0.1, 0.15) is 27.7 Å². The number of hydrogen-bond acceptors (Lipinski definition) is 6. The lowest BCUT2D eigenvalue weighted by atomic mass is 10.1. The Morgan fingerprint density at radius 3 is 2.20 bits per heavy atom. The van der Waals surface area contributed by atoms with Crippen LogP contribution in [0.15, 0.2) is 114 Å². The number of rotatable bonds is 10. The Kier molecular flexibility index (Phi) is 10.9. The summed E-state index contributed by atoms with van der Waals surface area (Å²) in [5.41, 5.74) is 3.01. The molecule has 0 bridgehead atoms. The van der Waals surface area contributed by atoms with E-state index < -0.39 is 17.1 Å². The first-order valence-electron chi connectivity index (χ1n) is 14.1. The average Bonchev–Trinajstić information content (AvgIpc) is 3.42. The summed E-state index contributed by atoms with van der Waals surface area (Å²) in [4.78, 5) is 46.0. The SMILES string of the molecule is Cc1sc(NC(=O)C(C)Sc2cccc(NC(=O)/C(=C\c3c(Cl)cccc3Cl)NC(=O)c3ccccc3)c2)nc1-c1ccccc1. The van der Waals surface area contributed by atoms with E-state index in [1.807, 2.05) is 43.3 Å². The minimum Gasteiger partial charge on any atom is -0.321 e. The average molecular weight is 688 g/mol. The van der Waals surface area contributed by atoms with Crippen molar-refractivity contribution in [3.8, 4) is 11.3 Å². The third-order valence-electron chi connectivity index (χ3n) is 6.67. The second-order valence-electron chi connectivity index (χ2n) is 10.0. The van der Waals surface area contributed by atoms with Gasteiger partial charge < -0.3 is 16.0 Å². The third kappa shape index (κ3) is 8.44. The van der Waals surface area contributed by atoms with E-state index >= 15 is 0 Å². The van der Waals surface area contributed by atoms with Gasteiger partial charge in [-0.15, -0.1) is 23.1 Å². The molecular formula is C35H28Cl2N4O3S2. The van der Waals surface area contributed by atoms with Crippen LogP contribution in [0, 0.1) is 6.92 Å². The van der Waals surface area contributed by atoms with Gasteiger partial charge in [-0.3, -0.25) is 14.4 Å². The molecule has 1 atom stereocenters. The first-order chi connectivity index (χ1) is 22.2. The van der Waals surface area contributed by atoms with Gasteiger partial charge in [-0.05, 0) is 62.4 Å². The van der Waals surface area contributed by atoms with Crippen molar-refractivity contribution in [2.75, 3.05) is 10.6 Å². The summed E-state index contributed by atoms with van der Waals surface area (Å²) in [7, 11) is 0. The van der Waals surface area contributed by atoms with Crippen molar-refractivity contribution in [3.63, 3.8) is 0 Å². The Labute approximate surface area is 285 Å². The first kappa shape index (κ1) is 33.0. The summed E-state index contributed by atoms with van der Waals surface area (Å²) in [6.45, 7) is 3.78. The van der Waals surface area contributed by atoms with E-state index in [2.05, 4.69) is 20.9 Å². The Hall–Kier alpha value is -4.41. The van der Waals surface area contributed by atoms with Crippen LogP contribution in [0.5, 0.6) is 0 Å². The maximum Gasteiger partial charge on any atom is 0.272 e. The van der Waals surface area contributed by atoms with Crippen molar-refractivity contribution >= 4 is 80.9 Å². The number of aryl methyl sites for hydroxylation is 1. The molecule has 11 heteroatoms. The molecule has 3 N–H and O–H groups in total. The van der Waals surface area contributed by atoms with Crippen molar-refractivity contribution < 1.29 is 14.4 Å². The highest BCUT2D eigenvalue weighted by molar-refractivity contribution is 8.00. The molecule has 1 heterocycles. The second kappa shape index (κ2) is 15.2. The van der Waals surface area contributed by atoms with Crippen LogP contribution in [-0.4, -0.2) is 28.0 Å².